The Morgan fingerprint density at radius 2 is 2.24 bits per heavy atom. The SMILES string of the molecule is O=C(O)c1cccc2c1OCc1occ(F)c1-2. The second-order valence-electron chi connectivity index (χ2n) is 3.66. The number of para-hydroxylation sites is 1. The van der Waals surface area contributed by atoms with Gasteiger partial charge in [-0.2, -0.15) is 0 Å². The van der Waals surface area contributed by atoms with E-state index in [4.69, 9.17) is 14.3 Å². The van der Waals surface area contributed by atoms with Crippen LogP contribution in [0.3, 0.4) is 0 Å². The molecule has 86 valence electrons. The van der Waals surface area contributed by atoms with Crippen molar-refractivity contribution in [2.75, 3.05) is 0 Å². The number of rotatable bonds is 1. The van der Waals surface area contributed by atoms with Crippen molar-refractivity contribution in [3.8, 4) is 16.9 Å². The summed E-state index contributed by atoms with van der Waals surface area (Å²) in [7, 11) is 0. The molecule has 0 fully saturated rings. The number of hydrogen-bond acceptors (Lipinski definition) is 3. The molecular weight excluding hydrogens is 227 g/mol. The van der Waals surface area contributed by atoms with E-state index in [1.54, 1.807) is 12.1 Å². The third-order valence-electron chi connectivity index (χ3n) is 2.68. The molecule has 1 aromatic heterocycles. The minimum absolute atomic E-state index is 0.0220. The Hall–Kier alpha value is -2.30. The zero-order chi connectivity index (χ0) is 12.0. The summed E-state index contributed by atoms with van der Waals surface area (Å²) in [4.78, 5) is 11.0. The lowest BCUT2D eigenvalue weighted by Gasteiger charge is -2.18. The van der Waals surface area contributed by atoms with Gasteiger partial charge in [0.25, 0.3) is 0 Å². The van der Waals surface area contributed by atoms with Crippen LogP contribution in [0.15, 0.2) is 28.9 Å². The molecule has 0 radical (unpaired) electrons. The molecule has 1 aromatic carbocycles. The Morgan fingerprint density at radius 1 is 1.41 bits per heavy atom. The van der Waals surface area contributed by atoms with Gasteiger partial charge in [0.15, 0.2) is 11.6 Å². The first-order valence-electron chi connectivity index (χ1n) is 4.94. The van der Waals surface area contributed by atoms with Crippen LogP contribution in [-0.2, 0) is 6.61 Å². The van der Waals surface area contributed by atoms with Crippen molar-refractivity contribution in [2.45, 2.75) is 6.61 Å². The number of carboxylic acid groups (broad SMARTS) is 1. The molecule has 1 aliphatic rings. The maximum absolute atomic E-state index is 13.5. The summed E-state index contributed by atoms with van der Waals surface area (Å²) in [6.07, 6.45) is 0.997. The first-order chi connectivity index (χ1) is 8.18. The number of ether oxygens (including phenoxy) is 1. The van der Waals surface area contributed by atoms with E-state index in [0.717, 1.165) is 6.26 Å². The van der Waals surface area contributed by atoms with Crippen LogP contribution in [0.4, 0.5) is 4.39 Å². The van der Waals surface area contributed by atoms with E-state index in [2.05, 4.69) is 0 Å². The standard InChI is InChI=1S/C12H7FO4/c13-8-4-16-9-5-17-11-6(10(8)9)2-1-3-7(11)12(14)15/h1-4H,5H2,(H,14,15). The minimum atomic E-state index is -1.10. The predicted molar refractivity (Wildman–Crippen MR) is 55.4 cm³/mol. The Morgan fingerprint density at radius 3 is 3.00 bits per heavy atom. The van der Waals surface area contributed by atoms with Crippen molar-refractivity contribution in [1.29, 1.82) is 0 Å². The van der Waals surface area contributed by atoms with Gasteiger partial charge in [0.1, 0.15) is 24.2 Å². The van der Waals surface area contributed by atoms with Crippen molar-refractivity contribution in [1.82, 2.24) is 0 Å². The number of carbonyl (C=O) groups is 1. The first kappa shape index (κ1) is 9.89. The van der Waals surface area contributed by atoms with Crippen molar-refractivity contribution < 1.29 is 23.4 Å². The second-order valence-corrected chi connectivity index (χ2v) is 3.66. The third-order valence-corrected chi connectivity index (χ3v) is 2.68. The quantitative estimate of drug-likeness (QED) is 0.824. The third kappa shape index (κ3) is 1.32. The van der Waals surface area contributed by atoms with Gasteiger partial charge in [-0.25, -0.2) is 9.18 Å². The number of hydrogen-bond donors (Lipinski definition) is 1. The monoisotopic (exact) mass is 234 g/mol. The molecule has 0 spiro atoms. The normalized spacial score (nSPS) is 12.5. The van der Waals surface area contributed by atoms with Crippen LogP contribution in [-0.4, -0.2) is 11.1 Å². The Labute approximate surface area is 95.2 Å². The summed E-state index contributed by atoms with van der Waals surface area (Å²) in [6, 6.07) is 4.58. The van der Waals surface area contributed by atoms with Gasteiger partial charge in [0.2, 0.25) is 0 Å². The summed E-state index contributed by atoms with van der Waals surface area (Å²) in [5.41, 5.74) is 0.723. The molecule has 3 rings (SSSR count). The second kappa shape index (κ2) is 3.35. The van der Waals surface area contributed by atoms with E-state index in [0.29, 0.717) is 11.3 Å². The maximum Gasteiger partial charge on any atom is 0.339 e. The molecule has 0 saturated heterocycles. The zero-order valence-electron chi connectivity index (χ0n) is 8.57. The molecule has 1 N–H and O–H groups in total. The highest BCUT2D eigenvalue weighted by atomic mass is 19.1. The van der Waals surface area contributed by atoms with Crippen LogP contribution in [0.5, 0.6) is 5.75 Å². The van der Waals surface area contributed by atoms with Crippen LogP contribution in [0.2, 0.25) is 0 Å². The summed E-state index contributed by atoms with van der Waals surface area (Å²) < 4.78 is 23.9. The van der Waals surface area contributed by atoms with Crippen molar-refractivity contribution in [3.63, 3.8) is 0 Å². The van der Waals surface area contributed by atoms with E-state index >= 15 is 0 Å². The van der Waals surface area contributed by atoms with Crippen LogP contribution in [0.25, 0.3) is 11.1 Å². The van der Waals surface area contributed by atoms with Crippen molar-refractivity contribution in [3.05, 3.63) is 41.6 Å². The fourth-order valence-corrected chi connectivity index (χ4v) is 1.95. The minimum Gasteiger partial charge on any atom is -0.484 e. The first-order valence-corrected chi connectivity index (χ1v) is 4.94. The van der Waals surface area contributed by atoms with Crippen molar-refractivity contribution in [2.24, 2.45) is 0 Å². The van der Waals surface area contributed by atoms with Gasteiger partial charge in [0, 0.05) is 5.56 Å². The topological polar surface area (TPSA) is 59.7 Å². The van der Waals surface area contributed by atoms with Gasteiger partial charge in [0.05, 0.1) is 5.56 Å². The molecule has 0 unspecified atom stereocenters. The highest BCUT2D eigenvalue weighted by Gasteiger charge is 2.27. The Kier molecular flexibility index (Phi) is 1.95. The Bertz CT molecular complexity index is 615. The number of aromatic carboxylic acids is 1. The largest absolute Gasteiger partial charge is 0.484 e. The van der Waals surface area contributed by atoms with Gasteiger partial charge in [-0.15, -0.1) is 0 Å². The van der Waals surface area contributed by atoms with Crippen LogP contribution in [0.1, 0.15) is 16.1 Å². The van der Waals surface area contributed by atoms with E-state index in [-0.39, 0.29) is 23.5 Å². The average Bonchev–Trinajstić information content (AvgIpc) is 2.70. The summed E-state index contributed by atoms with van der Waals surface area (Å²) in [5.74, 6) is -1.05. The smallest absolute Gasteiger partial charge is 0.339 e. The van der Waals surface area contributed by atoms with Gasteiger partial charge in [-0.3, -0.25) is 0 Å². The maximum atomic E-state index is 13.5. The highest BCUT2D eigenvalue weighted by Crippen LogP contribution is 2.41. The van der Waals surface area contributed by atoms with Crippen LogP contribution < -0.4 is 4.74 Å². The zero-order valence-corrected chi connectivity index (χ0v) is 8.57. The summed E-state index contributed by atoms with van der Waals surface area (Å²) in [5, 5.41) is 9.01. The predicted octanol–water partition coefficient (Wildman–Crippen LogP) is 2.68. The van der Waals surface area contributed by atoms with Gasteiger partial charge < -0.3 is 14.3 Å². The molecule has 0 atom stereocenters. The van der Waals surface area contributed by atoms with Gasteiger partial charge >= 0.3 is 5.97 Å². The van der Waals surface area contributed by atoms with E-state index < -0.39 is 11.8 Å². The lowest BCUT2D eigenvalue weighted by molar-refractivity contribution is 0.0691. The molecule has 0 amide bonds. The number of fused-ring (bicyclic) bond motifs is 3. The van der Waals surface area contributed by atoms with E-state index in [1.165, 1.54) is 6.07 Å². The highest BCUT2D eigenvalue weighted by molar-refractivity contribution is 5.95. The molecule has 0 bridgehead atoms. The van der Waals surface area contributed by atoms with Gasteiger partial charge in [-0.05, 0) is 6.07 Å². The molecule has 0 aliphatic carbocycles. The number of halogens is 1. The molecule has 1 aliphatic heterocycles. The number of furan rings is 1. The van der Waals surface area contributed by atoms with E-state index in [1.807, 2.05) is 0 Å². The Balaban J connectivity index is 2.30. The van der Waals surface area contributed by atoms with Crippen LogP contribution in [0, 0.1) is 5.82 Å². The number of benzene rings is 1. The molecule has 5 heteroatoms. The van der Waals surface area contributed by atoms with Crippen molar-refractivity contribution >= 4 is 5.97 Å². The molecule has 2 aromatic rings. The fourth-order valence-electron chi connectivity index (χ4n) is 1.95. The molecule has 2 heterocycles. The van der Waals surface area contributed by atoms with Crippen LogP contribution >= 0.6 is 0 Å². The summed E-state index contributed by atoms with van der Waals surface area (Å²) >= 11 is 0. The summed E-state index contributed by atoms with van der Waals surface area (Å²) in [6.45, 7) is 0.0382. The number of carboxylic acids is 1. The average molecular weight is 234 g/mol. The fraction of sp³-hybridized carbons (Fsp3) is 0.0833. The molecular formula is C12H7FO4. The molecule has 4 nitrogen and oxygen atoms in total. The molecule has 17 heavy (non-hydrogen) atoms. The lowest BCUT2D eigenvalue weighted by Crippen LogP contribution is -2.09. The van der Waals surface area contributed by atoms with E-state index in [9.17, 15) is 9.18 Å². The molecule has 0 saturated carbocycles. The lowest BCUT2D eigenvalue weighted by atomic mass is 9.99. The van der Waals surface area contributed by atoms with Gasteiger partial charge in [-0.1, -0.05) is 12.1 Å².